The summed E-state index contributed by atoms with van der Waals surface area (Å²) in [4.78, 5) is 0. The Morgan fingerprint density at radius 3 is 1.77 bits per heavy atom. The third-order valence-electron chi connectivity index (χ3n) is 5.94. The average Bonchev–Trinajstić information content (AvgIpc) is 2.63. The van der Waals surface area contributed by atoms with Crippen LogP contribution in [-0.4, -0.2) is 25.0 Å². The Morgan fingerprint density at radius 1 is 0.885 bits per heavy atom. The summed E-state index contributed by atoms with van der Waals surface area (Å²) in [6.07, 6.45) is 8.10. The van der Waals surface area contributed by atoms with Gasteiger partial charge in [-0.05, 0) is 0 Å². The van der Waals surface area contributed by atoms with Crippen molar-refractivity contribution in [1.82, 2.24) is 0 Å². The molecule has 0 aliphatic rings. The van der Waals surface area contributed by atoms with Crippen LogP contribution >= 0.6 is 0 Å². The summed E-state index contributed by atoms with van der Waals surface area (Å²) in [5.41, 5.74) is 4.04. The van der Waals surface area contributed by atoms with Crippen molar-refractivity contribution in [3.05, 3.63) is 45.1 Å². The van der Waals surface area contributed by atoms with Crippen molar-refractivity contribution in [3.8, 4) is 0 Å². The first kappa shape index (κ1) is 23.8. The summed E-state index contributed by atoms with van der Waals surface area (Å²) in [5, 5.41) is 0. The molecule has 26 heavy (non-hydrogen) atoms. The minimum absolute atomic E-state index is 0.731. The fourth-order valence-electron chi connectivity index (χ4n) is 3.96. The summed E-state index contributed by atoms with van der Waals surface area (Å²) in [7, 11) is 0. The number of rotatable bonds is 14. The Balaban J connectivity index is 2.78. The van der Waals surface area contributed by atoms with Crippen LogP contribution in [0.15, 0.2) is 28.4 Å². The van der Waals surface area contributed by atoms with Gasteiger partial charge in [0.2, 0.25) is 0 Å². The monoisotopic (exact) mass is 466 g/mol. The molecule has 0 aromatic heterocycles. The average molecular weight is 465 g/mol. The van der Waals surface area contributed by atoms with E-state index in [0.29, 0.717) is 0 Å². The molecule has 0 radical (unpaired) electrons. The van der Waals surface area contributed by atoms with E-state index in [1.165, 1.54) is 68.5 Å². The molecule has 0 saturated heterocycles. The van der Waals surface area contributed by atoms with Gasteiger partial charge in [-0.15, -0.1) is 0 Å². The molecule has 0 aliphatic carbocycles. The van der Waals surface area contributed by atoms with Crippen LogP contribution in [0.2, 0.25) is 13.3 Å². The van der Waals surface area contributed by atoms with Gasteiger partial charge in [0, 0.05) is 0 Å². The Labute approximate surface area is 167 Å². The van der Waals surface area contributed by atoms with E-state index in [-0.39, 0.29) is 0 Å². The van der Waals surface area contributed by atoms with Crippen LogP contribution in [0.1, 0.15) is 76.0 Å². The van der Waals surface area contributed by atoms with Crippen molar-refractivity contribution in [2.45, 2.75) is 93.1 Å². The molecule has 1 aromatic rings. The number of benzene rings is 1. The molecule has 0 aliphatic heterocycles. The molecule has 0 N–H and O–H groups in total. The number of hydrogen-bond acceptors (Lipinski definition) is 1. The molecule has 2 heteroatoms. The second-order valence-electron chi connectivity index (χ2n) is 8.06. The quantitative estimate of drug-likeness (QED) is 0.255. The molecule has 0 atom stereocenters. The zero-order chi connectivity index (χ0) is 19.4. The first-order valence-electron chi connectivity index (χ1n) is 10.8. The fraction of sp³-hybridized carbons (Fsp3) is 0.667. The third-order valence-corrected chi connectivity index (χ3v) is 21.9. The molecule has 1 nitrogen and oxygen atoms in total. The fourth-order valence-corrected chi connectivity index (χ4v) is 19.1. The summed E-state index contributed by atoms with van der Waals surface area (Å²) in [6, 6.07) is 6.51. The Kier molecular flexibility index (Phi) is 11.9. The molecule has 1 rings (SSSR count). The van der Waals surface area contributed by atoms with Crippen molar-refractivity contribution in [3.63, 3.8) is 0 Å². The van der Waals surface area contributed by atoms with Gasteiger partial charge < -0.3 is 0 Å². The topological polar surface area (TPSA) is 9.23 Å². The second-order valence-corrected chi connectivity index (χ2v) is 21.7. The minimum atomic E-state index is -2.33. The maximum absolute atomic E-state index is 6.24. The molecule has 0 fully saturated rings. The normalized spacial score (nSPS) is 11.7. The molecule has 0 saturated carbocycles. The predicted octanol–water partition coefficient (Wildman–Crippen LogP) is 7.76. The Morgan fingerprint density at radius 2 is 1.35 bits per heavy atom. The van der Waals surface area contributed by atoms with E-state index in [4.69, 9.17) is 4.74 Å². The van der Waals surface area contributed by atoms with E-state index in [9.17, 15) is 0 Å². The van der Waals surface area contributed by atoms with Gasteiger partial charge in [-0.25, -0.2) is 0 Å². The second kappa shape index (κ2) is 13.0. The number of hydrogen-bond donors (Lipinski definition) is 0. The van der Waals surface area contributed by atoms with Gasteiger partial charge >= 0.3 is 168 Å². The molecule has 148 valence electrons. The van der Waals surface area contributed by atoms with E-state index in [2.05, 4.69) is 59.4 Å². The van der Waals surface area contributed by atoms with Crippen LogP contribution in [0.25, 0.3) is 0 Å². The number of ether oxygens (including phenoxy) is 1. The molecule has 0 unspecified atom stereocenters. The molecular weight excluding hydrogens is 423 g/mol. The molecule has 0 spiro atoms. The van der Waals surface area contributed by atoms with Gasteiger partial charge in [0.25, 0.3) is 0 Å². The van der Waals surface area contributed by atoms with Gasteiger partial charge in [-0.3, -0.25) is 0 Å². The van der Waals surface area contributed by atoms with E-state index in [1.807, 2.05) is 0 Å². The van der Waals surface area contributed by atoms with Crippen molar-refractivity contribution in [1.29, 1.82) is 0 Å². The molecule has 0 heterocycles. The Bertz CT molecular complexity index is 493. The third kappa shape index (κ3) is 7.38. The first-order valence-corrected chi connectivity index (χ1v) is 18.3. The maximum atomic E-state index is 6.24. The molecule has 0 bridgehead atoms. The van der Waals surface area contributed by atoms with Gasteiger partial charge in [0.1, 0.15) is 0 Å². The summed E-state index contributed by atoms with van der Waals surface area (Å²) < 4.78 is 12.2. The van der Waals surface area contributed by atoms with Crippen LogP contribution in [0.5, 0.6) is 0 Å². The van der Waals surface area contributed by atoms with Crippen LogP contribution in [0.3, 0.4) is 0 Å². The number of aryl methyl sites for hydroxylation is 2. The Hall–Kier alpha value is -0.281. The summed E-state index contributed by atoms with van der Waals surface area (Å²) in [5.74, 6) is 0. The van der Waals surface area contributed by atoms with Gasteiger partial charge in [-0.2, -0.15) is 0 Å². The van der Waals surface area contributed by atoms with Crippen LogP contribution in [0, 0.1) is 13.8 Å². The van der Waals surface area contributed by atoms with E-state index < -0.39 is 18.4 Å². The van der Waals surface area contributed by atoms with Gasteiger partial charge in [0.05, 0.1) is 0 Å². The zero-order valence-corrected chi connectivity index (χ0v) is 21.0. The van der Waals surface area contributed by atoms with Crippen molar-refractivity contribution in [2.24, 2.45) is 0 Å². The zero-order valence-electron chi connectivity index (χ0n) is 18.1. The van der Waals surface area contributed by atoms with E-state index >= 15 is 0 Å². The van der Waals surface area contributed by atoms with Crippen LogP contribution < -0.4 is 0 Å². The SMILES string of the molecule is C=[C](COCc1c(C)cccc1C)[Sn]([CH2]CCC)([CH2]CCC)[CH2]CCC. The molecule has 1 aromatic carbocycles. The van der Waals surface area contributed by atoms with Crippen molar-refractivity contribution < 1.29 is 4.74 Å². The molecule has 0 amide bonds. The first-order chi connectivity index (χ1) is 12.5. The molecular formula is C24H42OSn. The van der Waals surface area contributed by atoms with Gasteiger partial charge in [-0.1, -0.05) is 0 Å². The number of unbranched alkanes of at least 4 members (excludes halogenated alkanes) is 3. The van der Waals surface area contributed by atoms with Crippen LogP contribution in [-0.2, 0) is 11.3 Å². The van der Waals surface area contributed by atoms with Gasteiger partial charge in [0.15, 0.2) is 0 Å². The van der Waals surface area contributed by atoms with Crippen molar-refractivity contribution >= 4 is 18.4 Å². The van der Waals surface area contributed by atoms with E-state index in [1.54, 1.807) is 3.59 Å². The summed E-state index contributed by atoms with van der Waals surface area (Å²) in [6.45, 7) is 17.5. The standard InChI is InChI=1S/C12H15O.3C4H9.Sn/c1-4-8-13-9-12-10(2)6-5-7-11(12)3;3*1-3-4-2;/h5-7H,1,8-9H2,2-3H3;3*1,3-4H2,2H3;. The van der Waals surface area contributed by atoms with E-state index in [0.717, 1.165) is 13.2 Å². The summed E-state index contributed by atoms with van der Waals surface area (Å²) >= 11 is -2.33. The predicted molar refractivity (Wildman–Crippen MR) is 120 cm³/mol. The van der Waals surface area contributed by atoms with Crippen LogP contribution in [0.4, 0.5) is 0 Å². The van der Waals surface area contributed by atoms with Crippen molar-refractivity contribution in [2.75, 3.05) is 6.61 Å².